The smallest absolute Gasteiger partial charge is 0.119 e. The van der Waals surface area contributed by atoms with Gasteiger partial charge in [0.1, 0.15) is 48.4 Å². The van der Waals surface area contributed by atoms with Crippen molar-refractivity contribution in [2.24, 2.45) is 0 Å². The van der Waals surface area contributed by atoms with Crippen molar-refractivity contribution in [1.29, 1.82) is 0 Å². The van der Waals surface area contributed by atoms with Crippen LogP contribution in [0, 0.1) is 0 Å². The average Bonchev–Trinajstić information content (AvgIpc) is 3.96. The molecule has 1 saturated heterocycles. The molecular formula is C38H46N2O6. The first kappa shape index (κ1) is 33.3. The molecule has 0 aliphatic carbocycles. The predicted octanol–water partition coefficient (Wildman–Crippen LogP) is 5.30. The summed E-state index contributed by atoms with van der Waals surface area (Å²) in [6.45, 7) is 6.47. The number of nitrogens with one attached hydrogen (secondary N) is 1. The summed E-state index contributed by atoms with van der Waals surface area (Å²) in [6, 6.07) is 32.1. The van der Waals surface area contributed by atoms with E-state index in [-0.39, 0.29) is 0 Å². The second kappa shape index (κ2) is 17.6. The predicted molar refractivity (Wildman–Crippen MR) is 180 cm³/mol. The standard InChI is InChI=1S/C19H23NO3.C10H12O3.C9H11N/c1-22-18-6-8-19(9-7-18)23-14-17(21)13-20-11-10-15-4-2-3-5-16(15)12-20;1-11-8-2-4-9(5-3-8)12-6-10-7-13-10;1-2-4-9-7-10-6-5-8(9)3-1/h2-9,17,21H,10-14H2,1H3;2-5,10H,6-7H2,1H3;1-4,10H,5-7H2. The van der Waals surface area contributed by atoms with E-state index in [0.29, 0.717) is 25.9 Å². The highest BCUT2D eigenvalue weighted by Gasteiger charge is 2.23. The SMILES string of the molecule is COc1ccc(OCC(O)CN2CCc3ccccc3C2)cc1.COc1ccc(OCC2CO2)cc1.c1ccc2c(c1)CCNC2. The van der Waals surface area contributed by atoms with Gasteiger partial charge in [0.05, 0.1) is 20.8 Å². The van der Waals surface area contributed by atoms with Gasteiger partial charge in [0, 0.05) is 26.2 Å². The molecule has 0 radical (unpaired) electrons. The third kappa shape index (κ3) is 10.8. The van der Waals surface area contributed by atoms with Gasteiger partial charge in [-0.1, -0.05) is 48.5 Å². The summed E-state index contributed by atoms with van der Waals surface area (Å²) < 4.78 is 26.3. The van der Waals surface area contributed by atoms with Crippen molar-refractivity contribution in [3.8, 4) is 23.0 Å². The van der Waals surface area contributed by atoms with Crippen LogP contribution in [0.3, 0.4) is 0 Å². The van der Waals surface area contributed by atoms with E-state index >= 15 is 0 Å². The first-order valence-corrected chi connectivity index (χ1v) is 16.0. The van der Waals surface area contributed by atoms with E-state index in [1.165, 1.54) is 28.7 Å². The lowest BCUT2D eigenvalue weighted by Gasteiger charge is -2.30. The number of fused-ring (bicyclic) bond motifs is 2. The normalized spacial score (nSPS) is 17.0. The highest BCUT2D eigenvalue weighted by atomic mass is 16.6. The molecule has 0 saturated carbocycles. The molecule has 244 valence electrons. The van der Waals surface area contributed by atoms with Crippen LogP contribution in [-0.2, 0) is 30.7 Å². The van der Waals surface area contributed by atoms with Crippen LogP contribution in [0.2, 0.25) is 0 Å². The van der Waals surface area contributed by atoms with Crippen LogP contribution in [-0.4, -0.2) is 75.9 Å². The lowest BCUT2D eigenvalue weighted by Crippen LogP contribution is -2.38. The van der Waals surface area contributed by atoms with Gasteiger partial charge in [-0.25, -0.2) is 0 Å². The molecule has 3 aliphatic rings. The first-order valence-electron chi connectivity index (χ1n) is 16.0. The Morgan fingerprint density at radius 3 is 1.87 bits per heavy atom. The Hall–Kier alpha value is -4.08. The fourth-order valence-corrected chi connectivity index (χ4v) is 5.37. The van der Waals surface area contributed by atoms with E-state index in [2.05, 4.69) is 58.7 Å². The van der Waals surface area contributed by atoms with Gasteiger partial charge in [-0.15, -0.1) is 0 Å². The molecule has 1 fully saturated rings. The highest BCUT2D eigenvalue weighted by molar-refractivity contribution is 5.32. The lowest BCUT2D eigenvalue weighted by molar-refractivity contribution is 0.0637. The summed E-state index contributed by atoms with van der Waals surface area (Å²) in [5.41, 5.74) is 5.77. The highest BCUT2D eigenvalue weighted by Crippen LogP contribution is 2.21. The molecule has 0 bridgehead atoms. The van der Waals surface area contributed by atoms with Crippen molar-refractivity contribution in [2.45, 2.75) is 38.1 Å². The number of aliphatic hydroxyl groups is 1. The number of nitrogens with zero attached hydrogens (tertiary/aromatic N) is 1. The Balaban J connectivity index is 0.000000151. The summed E-state index contributed by atoms with van der Waals surface area (Å²) in [6.07, 6.45) is 2.04. The van der Waals surface area contributed by atoms with E-state index in [1.807, 2.05) is 48.5 Å². The van der Waals surface area contributed by atoms with Gasteiger partial charge in [-0.2, -0.15) is 0 Å². The molecule has 8 nitrogen and oxygen atoms in total. The quantitative estimate of drug-likeness (QED) is 0.230. The number of hydrogen-bond donors (Lipinski definition) is 2. The van der Waals surface area contributed by atoms with Crippen LogP contribution in [0.1, 0.15) is 22.3 Å². The average molecular weight is 627 g/mol. The van der Waals surface area contributed by atoms with Gasteiger partial charge in [0.25, 0.3) is 0 Å². The summed E-state index contributed by atoms with van der Waals surface area (Å²) in [4.78, 5) is 2.28. The molecule has 0 amide bonds. The van der Waals surface area contributed by atoms with Crippen LogP contribution in [0.25, 0.3) is 0 Å². The Bertz CT molecular complexity index is 1430. The Morgan fingerprint density at radius 1 is 0.739 bits per heavy atom. The second-order valence-corrected chi connectivity index (χ2v) is 11.5. The number of ether oxygens (including phenoxy) is 5. The molecule has 46 heavy (non-hydrogen) atoms. The molecule has 8 heteroatoms. The monoisotopic (exact) mass is 626 g/mol. The third-order valence-corrected chi connectivity index (χ3v) is 8.08. The maximum atomic E-state index is 10.2. The first-order chi connectivity index (χ1) is 22.6. The molecule has 0 spiro atoms. The molecule has 4 aromatic rings. The van der Waals surface area contributed by atoms with Crippen LogP contribution >= 0.6 is 0 Å². The summed E-state index contributed by atoms with van der Waals surface area (Å²) in [7, 11) is 3.28. The maximum absolute atomic E-state index is 10.2. The maximum Gasteiger partial charge on any atom is 0.119 e. The molecule has 3 heterocycles. The minimum absolute atomic E-state index is 0.296. The van der Waals surface area contributed by atoms with Crippen molar-refractivity contribution in [1.82, 2.24) is 10.2 Å². The van der Waals surface area contributed by atoms with E-state index in [0.717, 1.165) is 62.2 Å². The van der Waals surface area contributed by atoms with Crippen molar-refractivity contribution >= 4 is 0 Å². The topological polar surface area (TPSA) is 85.0 Å². The molecule has 4 aromatic carbocycles. The number of rotatable bonds is 10. The molecule has 2 N–H and O–H groups in total. The number of epoxide rings is 1. The van der Waals surface area contributed by atoms with Gasteiger partial charge >= 0.3 is 0 Å². The molecule has 7 rings (SSSR count). The minimum Gasteiger partial charge on any atom is -0.497 e. The van der Waals surface area contributed by atoms with Crippen LogP contribution < -0.4 is 24.3 Å². The van der Waals surface area contributed by atoms with E-state index in [4.69, 9.17) is 23.7 Å². The molecule has 3 aliphatic heterocycles. The van der Waals surface area contributed by atoms with Crippen molar-refractivity contribution < 1.29 is 28.8 Å². The molecular weight excluding hydrogens is 580 g/mol. The number of methoxy groups -OCH3 is 2. The zero-order valence-corrected chi connectivity index (χ0v) is 26.9. The fourth-order valence-electron chi connectivity index (χ4n) is 5.37. The van der Waals surface area contributed by atoms with Crippen LogP contribution in [0.5, 0.6) is 23.0 Å². The van der Waals surface area contributed by atoms with E-state index in [9.17, 15) is 5.11 Å². The van der Waals surface area contributed by atoms with Gasteiger partial charge < -0.3 is 34.1 Å². The van der Waals surface area contributed by atoms with Gasteiger partial charge in [-0.05, 0) is 90.2 Å². The largest absolute Gasteiger partial charge is 0.497 e. The second-order valence-electron chi connectivity index (χ2n) is 11.5. The Morgan fingerprint density at radius 2 is 1.28 bits per heavy atom. The Labute approximate surface area is 272 Å². The fraction of sp³-hybridized carbons (Fsp3) is 0.368. The molecule has 2 unspecified atom stereocenters. The summed E-state index contributed by atoms with van der Waals surface area (Å²) in [5.74, 6) is 3.24. The van der Waals surface area contributed by atoms with E-state index in [1.54, 1.807) is 14.2 Å². The van der Waals surface area contributed by atoms with Gasteiger partial charge in [0.15, 0.2) is 0 Å². The number of β-amino-alcohol motifs (C(OH)–C–C–N with tert-alkyl or cyclic N) is 1. The van der Waals surface area contributed by atoms with Gasteiger partial charge in [-0.3, -0.25) is 4.90 Å². The van der Waals surface area contributed by atoms with Crippen LogP contribution in [0.15, 0.2) is 97.1 Å². The minimum atomic E-state index is -0.498. The van der Waals surface area contributed by atoms with E-state index < -0.39 is 6.10 Å². The number of hydrogen-bond acceptors (Lipinski definition) is 8. The third-order valence-electron chi connectivity index (χ3n) is 8.08. The number of aliphatic hydroxyl groups excluding tert-OH is 1. The van der Waals surface area contributed by atoms with Gasteiger partial charge in [0.2, 0.25) is 0 Å². The van der Waals surface area contributed by atoms with Crippen molar-refractivity contribution in [3.05, 3.63) is 119 Å². The summed E-state index contributed by atoms with van der Waals surface area (Å²) in [5, 5.41) is 13.6. The van der Waals surface area contributed by atoms with Crippen molar-refractivity contribution in [2.75, 3.05) is 53.7 Å². The lowest BCUT2D eigenvalue weighted by atomic mass is 10.00. The summed E-state index contributed by atoms with van der Waals surface area (Å²) >= 11 is 0. The zero-order chi connectivity index (χ0) is 32.0. The Kier molecular flexibility index (Phi) is 12.7. The van der Waals surface area contributed by atoms with Crippen molar-refractivity contribution in [3.63, 3.8) is 0 Å². The molecule has 2 atom stereocenters. The zero-order valence-electron chi connectivity index (χ0n) is 26.9. The van der Waals surface area contributed by atoms with Crippen LogP contribution in [0.4, 0.5) is 0 Å². The number of benzene rings is 4. The molecule has 0 aromatic heterocycles.